The van der Waals surface area contributed by atoms with Gasteiger partial charge in [0, 0.05) is 24.5 Å². The van der Waals surface area contributed by atoms with Crippen molar-refractivity contribution in [3.8, 4) is 11.5 Å². The Labute approximate surface area is 220 Å². The molecule has 1 aliphatic carbocycles. The van der Waals surface area contributed by atoms with Crippen molar-refractivity contribution in [3.63, 3.8) is 0 Å². The van der Waals surface area contributed by atoms with Gasteiger partial charge in [0.15, 0.2) is 23.7 Å². The van der Waals surface area contributed by atoms with E-state index in [1.807, 2.05) is 29.0 Å². The van der Waals surface area contributed by atoms with E-state index in [-0.39, 0.29) is 5.91 Å². The first kappa shape index (κ1) is 30.3. The van der Waals surface area contributed by atoms with Gasteiger partial charge in [-0.1, -0.05) is 13.0 Å². The number of aliphatic carboxylic acids is 2. The highest BCUT2D eigenvalue weighted by Crippen LogP contribution is 2.28. The monoisotopic (exact) mass is 533 g/mol. The summed E-state index contributed by atoms with van der Waals surface area (Å²) in [7, 11) is 1.61. The zero-order valence-electron chi connectivity index (χ0n) is 21.4. The smallest absolute Gasteiger partial charge is 0.335 e. The lowest BCUT2D eigenvalue weighted by Gasteiger charge is -2.26. The Morgan fingerprint density at radius 3 is 2.32 bits per heavy atom. The van der Waals surface area contributed by atoms with Gasteiger partial charge in [0.05, 0.1) is 20.0 Å². The molecule has 1 saturated carbocycles. The molecule has 1 amide bonds. The number of methoxy groups -OCH3 is 1. The third-order valence-electron chi connectivity index (χ3n) is 5.95. The Bertz CT molecular complexity index is 1050. The summed E-state index contributed by atoms with van der Waals surface area (Å²) in [6, 6.07) is 5.96. The average Bonchev–Trinajstić information content (AvgIpc) is 3.42. The van der Waals surface area contributed by atoms with E-state index in [1.54, 1.807) is 31.8 Å². The van der Waals surface area contributed by atoms with Crippen LogP contribution in [0.3, 0.4) is 0 Å². The number of carbonyl (C=O) groups is 3. The molecule has 3 rings (SSSR count). The lowest BCUT2D eigenvalue weighted by Crippen LogP contribution is -2.39. The summed E-state index contributed by atoms with van der Waals surface area (Å²) >= 11 is 0. The molecule has 2 aromatic rings. The zero-order valence-corrected chi connectivity index (χ0v) is 21.4. The lowest BCUT2D eigenvalue weighted by atomic mass is 9.87. The number of nitrogens with zero attached hydrogens (tertiary/aromatic N) is 2. The van der Waals surface area contributed by atoms with E-state index in [4.69, 9.17) is 29.9 Å². The minimum absolute atomic E-state index is 0.0424. The van der Waals surface area contributed by atoms with Crippen LogP contribution in [0.2, 0.25) is 0 Å². The summed E-state index contributed by atoms with van der Waals surface area (Å²) in [5.41, 5.74) is 0.895. The summed E-state index contributed by atoms with van der Waals surface area (Å²) in [6.45, 7) is 3.51. The Hall–Kier alpha value is -3.90. The van der Waals surface area contributed by atoms with Gasteiger partial charge in [-0.05, 0) is 55.4 Å². The first-order valence-electron chi connectivity index (χ1n) is 12.2. The summed E-state index contributed by atoms with van der Waals surface area (Å²) in [5, 5.41) is 35.6. The van der Waals surface area contributed by atoms with Crippen LogP contribution >= 0.6 is 0 Å². The third kappa shape index (κ3) is 10.2. The first-order chi connectivity index (χ1) is 18.1. The number of ether oxygens (including phenoxy) is 2. The van der Waals surface area contributed by atoms with Crippen LogP contribution in [-0.4, -0.2) is 79.8 Å². The van der Waals surface area contributed by atoms with Crippen molar-refractivity contribution in [2.75, 3.05) is 13.7 Å². The second kappa shape index (κ2) is 15.4. The van der Waals surface area contributed by atoms with E-state index < -0.39 is 24.1 Å². The van der Waals surface area contributed by atoms with Crippen molar-refractivity contribution in [1.82, 2.24) is 14.9 Å². The molecule has 12 nitrogen and oxygen atoms in total. The van der Waals surface area contributed by atoms with Crippen molar-refractivity contribution >= 4 is 23.9 Å². The van der Waals surface area contributed by atoms with Gasteiger partial charge in [-0.2, -0.15) is 0 Å². The van der Waals surface area contributed by atoms with Crippen molar-refractivity contribution in [3.05, 3.63) is 48.6 Å². The second-order valence-electron chi connectivity index (χ2n) is 8.92. The number of nitrogens with one attached hydrogen (secondary N) is 1. The molecule has 5 N–H and O–H groups in total. The lowest BCUT2D eigenvalue weighted by molar-refractivity contribution is -0.165. The van der Waals surface area contributed by atoms with Gasteiger partial charge >= 0.3 is 11.9 Å². The third-order valence-corrected chi connectivity index (χ3v) is 5.95. The van der Waals surface area contributed by atoms with E-state index in [9.17, 15) is 14.4 Å². The van der Waals surface area contributed by atoms with Gasteiger partial charge in [0.1, 0.15) is 6.61 Å². The van der Waals surface area contributed by atoms with Gasteiger partial charge in [-0.15, -0.1) is 0 Å². The van der Waals surface area contributed by atoms with Gasteiger partial charge in [-0.25, -0.2) is 14.6 Å². The molecule has 0 bridgehead atoms. The van der Waals surface area contributed by atoms with Crippen molar-refractivity contribution < 1.29 is 44.3 Å². The van der Waals surface area contributed by atoms with Crippen LogP contribution in [0.1, 0.15) is 38.2 Å². The van der Waals surface area contributed by atoms with Crippen LogP contribution < -0.4 is 14.8 Å². The van der Waals surface area contributed by atoms with Crippen LogP contribution in [0.4, 0.5) is 0 Å². The quantitative estimate of drug-likeness (QED) is 0.266. The van der Waals surface area contributed by atoms with Gasteiger partial charge < -0.3 is 39.8 Å². The number of aliphatic hydroxyl groups excluding tert-OH is 2. The highest BCUT2D eigenvalue weighted by atomic mass is 16.5. The van der Waals surface area contributed by atoms with Crippen LogP contribution in [0.15, 0.2) is 43.0 Å². The fourth-order valence-corrected chi connectivity index (χ4v) is 3.68. The number of carbonyl (C=O) groups excluding carboxylic acids is 1. The number of aromatic nitrogens is 2. The highest BCUT2D eigenvalue weighted by molar-refractivity contribution is 5.92. The van der Waals surface area contributed by atoms with Crippen molar-refractivity contribution in [2.45, 2.75) is 57.4 Å². The zero-order chi connectivity index (χ0) is 28.1. The molecular formula is C26H35N3O9. The summed E-state index contributed by atoms with van der Waals surface area (Å²) in [4.78, 5) is 35.7. The molecule has 1 fully saturated rings. The van der Waals surface area contributed by atoms with Crippen LogP contribution in [0, 0.1) is 5.92 Å². The molecule has 1 aromatic carbocycles. The molecule has 12 heteroatoms. The largest absolute Gasteiger partial charge is 0.493 e. The highest BCUT2D eigenvalue weighted by Gasteiger charge is 2.29. The maximum Gasteiger partial charge on any atom is 0.335 e. The fourth-order valence-electron chi connectivity index (χ4n) is 3.68. The molecule has 0 aliphatic heterocycles. The number of carboxylic acid groups (broad SMARTS) is 2. The summed E-state index contributed by atoms with van der Waals surface area (Å²) < 4.78 is 13.2. The normalized spacial score (nSPS) is 18.5. The number of hydrogen-bond donors (Lipinski definition) is 5. The van der Waals surface area contributed by atoms with Crippen LogP contribution in [-0.2, 0) is 20.9 Å². The Kier molecular flexibility index (Phi) is 12.3. The summed E-state index contributed by atoms with van der Waals surface area (Å²) in [5.74, 6) is -1.48. The maximum atomic E-state index is 12.2. The average molecular weight is 534 g/mol. The molecule has 208 valence electrons. The summed E-state index contributed by atoms with van der Waals surface area (Å²) in [6.07, 6.45) is 8.77. The Balaban J connectivity index is 0.000000432. The van der Waals surface area contributed by atoms with E-state index in [1.165, 1.54) is 12.8 Å². The fraction of sp³-hybridized carbons (Fsp3) is 0.462. The van der Waals surface area contributed by atoms with Gasteiger partial charge in [0.2, 0.25) is 5.91 Å². The maximum absolute atomic E-state index is 12.2. The SMILES string of the molecule is COc1cc(/C=C/C(=O)NC2CCC(C)CC2)ccc1OCCn1ccnc1.O=C(O)C(O)C(O)C(=O)O. The minimum atomic E-state index is -2.27. The van der Waals surface area contributed by atoms with Crippen molar-refractivity contribution in [1.29, 1.82) is 0 Å². The second-order valence-corrected chi connectivity index (χ2v) is 8.92. The number of rotatable bonds is 11. The number of hydrogen-bond acceptors (Lipinski definition) is 8. The predicted octanol–water partition coefficient (Wildman–Crippen LogP) is 1.56. The molecule has 0 spiro atoms. The molecule has 2 atom stereocenters. The number of benzene rings is 1. The van der Waals surface area contributed by atoms with E-state index in [0.29, 0.717) is 30.7 Å². The minimum Gasteiger partial charge on any atom is -0.493 e. The van der Waals surface area contributed by atoms with Crippen LogP contribution in [0.5, 0.6) is 11.5 Å². The molecule has 0 radical (unpaired) electrons. The number of amides is 1. The first-order valence-corrected chi connectivity index (χ1v) is 12.2. The topological polar surface area (TPSA) is 180 Å². The molecule has 2 unspecified atom stereocenters. The molecule has 1 aromatic heterocycles. The molecule has 38 heavy (non-hydrogen) atoms. The standard InChI is InChI=1S/C22H29N3O3.C4H6O6/c1-17-3-7-19(8-4-17)24-22(26)10-6-18-5-9-20(21(15-18)27-2)28-14-13-25-12-11-23-16-25;5-1(3(7)8)2(6)4(9)10/h5-6,9-12,15-17,19H,3-4,7-8,13-14H2,1-2H3,(H,24,26);1-2,5-6H,(H,7,8)(H,9,10)/b10-6+;. The van der Waals surface area contributed by atoms with Gasteiger partial charge in [0.25, 0.3) is 0 Å². The molecule has 1 heterocycles. The van der Waals surface area contributed by atoms with Crippen molar-refractivity contribution in [2.24, 2.45) is 5.92 Å². The van der Waals surface area contributed by atoms with Crippen LogP contribution in [0.25, 0.3) is 6.08 Å². The molecular weight excluding hydrogens is 498 g/mol. The Morgan fingerprint density at radius 2 is 1.76 bits per heavy atom. The van der Waals surface area contributed by atoms with E-state index in [0.717, 1.165) is 24.3 Å². The van der Waals surface area contributed by atoms with E-state index in [2.05, 4.69) is 17.2 Å². The number of carboxylic acids is 2. The van der Waals surface area contributed by atoms with Gasteiger partial charge in [-0.3, -0.25) is 4.79 Å². The molecule has 1 aliphatic rings. The number of aliphatic hydroxyl groups is 2. The number of imidazole rings is 1. The Morgan fingerprint density at radius 1 is 1.11 bits per heavy atom. The predicted molar refractivity (Wildman–Crippen MR) is 137 cm³/mol. The molecule has 0 saturated heterocycles. The van der Waals surface area contributed by atoms with E-state index >= 15 is 0 Å².